The molecule has 10 rings (SSSR count). The van der Waals surface area contributed by atoms with Gasteiger partial charge in [-0.3, -0.25) is 0 Å². The van der Waals surface area contributed by atoms with Crippen molar-refractivity contribution in [3.05, 3.63) is 166 Å². The van der Waals surface area contributed by atoms with E-state index in [4.69, 9.17) is 65.0 Å². The number of para-hydroxylation sites is 4. The first-order valence-corrected chi connectivity index (χ1v) is 29.6. The van der Waals surface area contributed by atoms with Crippen LogP contribution in [0, 0.1) is 49.4 Å². The highest BCUT2D eigenvalue weighted by molar-refractivity contribution is 7.43. The van der Waals surface area contributed by atoms with Crippen LogP contribution in [-0.2, 0) is 37.9 Å². The monoisotopic (exact) mass is 1130 g/mol. The van der Waals surface area contributed by atoms with Gasteiger partial charge in [-0.15, -0.1) is 0 Å². The van der Waals surface area contributed by atoms with E-state index in [1.807, 2.05) is 111 Å². The minimum atomic E-state index is -2.33. The summed E-state index contributed by atoms with van der Waals surface area (Å²) in [7, 11) is -4.66. The third-order valence-electron chi connectivity index (χ3n) is 13.8. The summed E-state index contributed by atoms with van der Waals surface area (Å²) < 4.78 is 93.1. The van der Waals surface area contributed by atoms with Crippen molar-refractivity contribution in [1.82, 2.24) is 0 Å². The molecule has 6 aromatic carbocycles. The van der Waals surface area contributed by atoms with Gasteiger partial charge in [-0.1, -0.05) is 140 Å². The second kappa shape index (κ2) is 24.2. The van der Waals surface area contributed by atoms with E-state index in [1.165, 1.54) is 0 Å². The molecule has 4 fully saturated rings. The van der Waals surface area contributed by atoms with Crippen LogP contribution in [0.2, 0.25) is 0 Å². The van der Waals surface area contributed by atoms with Crippen molar-refractivity contribution in [2.24, 2.45) is 21.7 Å². The predicted octanol–water partition coefficient (Wildman–Crippen LogP) is 16.4. The molecule has 0 amide bonds. The molecule has 16 heteroatoms. The average Bonchev–Trinajstić information content (AvgIpc) is 3.50. The van der Waals surface area contributed by atoms with Gasteiger partial charge < -0.3 is 65.0 Å². The Bertz CT molecular complexity index is 2730. The lowest BCUT2D eigenvalue weighted by Gasteiger charge is -2.35. The van der Waals surface area contributed by atoms with Crippen LogP contribution in [0.15, 0.2) is 121 Å². The smallest absolute Gasteiger partial charge is 0.408 e. The number of aryl methyl sites for hydroxylation is 4. The van der Waals surface area contributed by atoms with Gasteiger partial charge in [0, 0.05) is 32.8 Å². The maximum absolute atomic E-state index is 7.26. The summed E-state index contributed by atoms with van der Waals surface area (Å²) in [4.78, 5) is 0. The summed E-state index contributed by atoms with van der Waals surface area (Å²) in [5, 5.41) is 0. The molecule has 0 unspecified atom stereocenters. The summed E-state index contributed by atoms with van der Waals surface area (Å²) in [6.07, 6.45) is -2.70. The molecule has 14 nitrogen and oxygen atoms in total. The summed E-state index contributed by atoms with van der Waals surface area (Å²) in [6, 6.07) is 39.0. The fraction of sp³-hybridized carbons (Fsp3) is 0.438. The Labute approximate surface area is 474 Å². The van der Waals surface area contributed by atoms with Gasteiger partial charge in [0.05, 0.1) is 75.1 Å². The summed E-state index contributed by atoms with van der Waals surface area (Å²) in [5.74, 6) is 2.95. The van der Waals surface area contributed by atoms with E-state index in [2.05, 4.69) is 93.5 Å². The predicted molar refractivity (Wildman–Crippen MR) is 308 cm³/mol. The van der Waals surface area contributed by atoms with Crippen molar-refractivity contribution >= 4 is 17.2 Å². The van der Waals surface area contributed by atoms with Gasteiger partial charge in [-0.05, 0) is 86.3 Å². The molecule has 0 spiro atoms. The lowest BCUT2D eigenvalue weighted by atomic mass is 9.95. The van der Waals surface area contributed by atoms with Crippen LogP contribution >= 0.6 is 17.2 Å². The third kappa shape index (κ3) is 14.1. The number of benzene rings is 6. The molecule has 0 aromatic heterocycles. The molecule has 80 heavy (non-hydrogen) atoms. The average molecular weight is 1130 g/mol. The second-order valence-electron chi connectivity index (χ2n) is 24.5. The van der Waals surface area contributed by atoms with E-state index in [0.717, 1.165) is 33.4 Å². The minimum Gasteiger partial charge on any atom is -0.408 e. The van der Waals surface area contributed by atoms with Gasteiger partial charge in [-0.25, -0.2) is 0 Å². The van der Waals surface area contributed by atoms with E-state index >= 15 is 0 Å². The molecule has 4 aliphatic rings. The standard InChI is InChI=1S/C64H76O14P2/c1-41-29-43(3)55(77-79(73-51-25-17-13-21-45(51)57-65-33-61(5,6)34-66-57)74-52-26-18-14-22-46(52)58-67-35-62(7,8)36-68-58)49(31-41)50-32-42(2)30-44(4)56(50)78-80(75-53-27-19-15-23-47(53)59-69-37-63(9,10)38-70-59)76-54-28-20-16-24-48(54)60-71-39-64(11,12)40-72-60/h13-32,57-60H,33-40H2,1-12H3. The van der Waals surface area contributed by atoms with Crippen molar-refractivity contribution < 1.29 is 65.0 Å². The van der Waals surface area contributed by atoms with E-state index < -0.39 is 42.4 Å². The molecule has 4 aliphatic heterocycles. The molecule has 0 saturated carbocycles. The Kier molecular flexibility index (Phi) is 17.5. The molecule has 6 aromatic rings. The van der Waals surface area contributed by atoms with Gasteiger partial charge >= 0.3 is 17.2 Å². The molecule has 426 valence electrons. The number of rotatable bonds is 17. The van der Waals surface area contributed by atoms with Crippen LogP contribution in [0.5, 0.6) is 34.5 Å². The Morgan fingerprint density at radius 2 is 0.550 bits per heavy atom. The zero-order chi connectivity index (χ0) is 56.4. The first kappa shape index (κ1) is 57.9. The highest BCUT2D eigenvalue weighted by Gasteiger charge is 2.38. The summed E-state index contributed by atoms with van der Waals surface area (Å²) in [5.41, 5.74) is 7.32. The van der Waals surface area contributed by atoms with Gasteiger partial charge in [0.25, 0.3) is 0 Å². The number of hydrogen-bond donors (Lipinski definition) is 0. The minimum absolute atomic E-state index is 0.148. The van der Waals surface area contributed by atoms with E-state index in [9.17, 15) is 0 Å². The Morgan fingerprint density at radius 3 is 0.787 bits per heavy atom. The molecule has 0 aliphatic carbocycles. The van der Waals surface area contributed by atoms with Crippen molar-refractivity contribution in [1.29, 1.82) is 0 Å². The number of hydrogen-bond acceptors (Lipinski definition) is 14. The SMILES string of the molecule is Cc1cc(C)c(OP(Oc2ccccc2C2OCC(C)(C)CO2)Oc2ccccc2C2OCC(C)(C)CO2)c(-c2cc(C)cc(C)c2OP(Oc2ccccc2C2OCC(C)(C)CO2)Oc2ccccc2C2OCC(C)(C)CO2)c1. The fourth-order valence-corrected chi connectivity index (χ4v) is 12.0. The zero-order valence-electron chi connectivity index (χ0n) is 48.1. The first-order valence-electron chi connectivity index (χ1n) is 27.4. The quantitative estimate of drug-likeness (QED) is 0.0803. The topological polar surface area (TPSA) is 129 Å². The largest absolute Gasteiger partial charge is 0.530 e. The summed E-state index contributed by atoms with van der Waals surface area (Å²) >= 11 is 0. The van der Waals surface area contributed by atoms with Crippen LogP contribution in [0.25, 0.3) is 11.1 Å². The molecule has 0 atom stereocenters. The maximum Gasteiger partial charge on any atom is 0.530 e. The second-order valence-corrected chi connectivity index (χ2v) is 26.5. The fourth-order valence-electron chi connectivity index (χ4n) is 9.65. The van der Waals surface area contributed by atoms with E-state index in [1.54, 1.807) is 0 Å². The van der Waals surface area contributed by atoms with E-state index in [0.29, 0.717) is 110 Å². The lowest BCUT2D eigenvalue weighted by Crippen LogP contribution is -2.34. The van der Waals surface area contributed by atoms with Crippen LogP contribution in [0.3, 0.4) is 0 Å². The van der Waals surface area contributed by atoms with E-state index in [-0.39, 0.29) is 21.7 Å². The first-order chi connectivity index (χ1) is 38.2. The highest BCUT2D eigenvalue weighted by Crippen LogP contribution is 2.55. The Hall–Kier alpha value is -5.34. The van der Waals surface area contributed by atoms with Crippen LogP contribution in [0.4, 0.5) is 0 Å². The van der Waals surface area contributed by atoms with Crippen molar-refractivity contribution in [3.63, 3.8) is 0 Å². The molecule has 0 bridgehead atoms. The maximum atomic E-state index is 7.26. The van der Waals surface area contributed by atoms with Crippen molar-refractivity contribution in [3.8, 4) is 45.6 Å². The Morgan fingerprint density at radius 1 is 0.325 bits per heavy atom. The summed E-state index contributed by atoms with van der Waals surface area (Å²) in [6.45, 7) is 29.1. The van der Waals surface area contributed by atoms with Gasteiger partial charge in [0.1, 0.15) is 34.5 Å². The third-order valence-corrected chi connectivity index (χ3v) is 15.9. The molecular formula is C64H76O14P2. The van der Waals surface area contributed by atoms with Crippen molar-refractivity contribution in [2.45, 2.75) is 108 Å². The molecule has 0 radical (unpaired) electrons. The van der Waals surface area contributed by atoms with Crippen LogP contribution < -0.4 is 27.1 Å². The molecule has 4 heterocycles. The van der Waals surface area contributed by atoms with Crippen LogP contribution in [0.1, 0.15) is 125 Å². The van der Waals surface area contributed by atoms with Gasteiger partial charge in [-0.2, -0.15) is 0 Å². The molecule has 4 saturated heterocycles. The Balaban J connectivity index is 1.05. The normalized spacial score (nSPS) is 19.6. The zero-order valence-corrected chi connectivity index (χ0v) is 49.9. The molecule has 0 N–H and O–H groups in total. The van der Waals surface area contributed by atoms with Gasteiger partial charge in [0.15, 0.2) is 25.2 Å². The highest BCUT2D eigenvalue weighted by atomic mass is 31.2. The van der Waals surface area contributed by atoms with Crippen LogP contribution in [-0.4, -0.2) is 52.9 Å². The van der Waals surface area contributed by atoms with Gasteiger partial charge in [0.2, 0.25) is 0 Å². The lowest BCUT2D eigenvalue weighted by molar-refractivity contribution is -0.226. The van der Waals surface area contributed by atoms with Crippen molar-refractivity contribution in [2.75, 3.05) is 52.9 Å². The number of ether oxygens (including phenoxy) is 8. The molecular weight excluding hydrogens is 1050 g/mol.